The van der Waals surface area contributed by atoms with Crippen LogP contribution in [-0.2, 0) is 0 Å². The molecule has 1 saturated heterocycles. The van der Waals surface area contributed by atoms with Crippen LogP contribution in [0.3, 0.4) is 0 Å². The summed E-state index contributed by atoms with van der Waals surface area (Å²) in [5.41, 5.74) is 0.519. The lowest BCUT2D eigenvalue weighted by molar-refractivity contribution is 0.0745. The largest absolute Gasteiger partial charge is 0.354 e. The summed E-state index contributed by atoms with van der Waals surface area (Å²) in [6.07, 6.45) is 8.83. The molecule has 1 amide bonds. The zero-order chi connectivity index (χ0) is 17.5. The number of nitrogens with one attached hydrogen (secondary N) is 1. The van der Waals surface area contributed by atoms with Gasteiger partial charge in [-0.15, -0.1) is 0 Å². The Kier molecular flexibility index (Phi) is 5.71. The van der Waals surface area contributed by atoms with Crippen LogP contribution in [0.5, 0.6) is 0 Å². The number of aromatic nitrogens is 4. The van der Waals surface area contributed by atoms with Gasteiger partial charge in [-0.1, -0.05) is 13.3 Å². The van der Waals surface area contributed by atoms with E-state index in [0.717, 1.165) is 19.4 Å². The number of carbonyl (C=O) groups is 1. The van der Waals surface area contributed by atoms with E-state index >= 15 is 0 Å². The first kappa shape index (κ1) is 17.1. The van der Waals surface area contributed by atoms with Crippen molar-refractivity contribution in [3.63, 3.8) is 0 Å². The minimum atomic E-state index is -0.0336. The lowest BCUT2D eigenvalue weighted by atomic mass is 10.2. The van der Waals surface area contributed by atoms with Gasteiger partial charge in [0.2, 0.25) is 11.9 Å². The summed E-state index contributed by atoms with van der Waals surface area (Å²) in [6.45, 7) is 5.67. The molecule has 0 saturated carbocycles. The molecule has 0 unspecified atom stereocenters. The van der Waals surface area contributed by atoms with E-state index in [9.17, 15) is 4.79 Å². The van der Waals surface area contributed by atoms with E-state index < -0.39 is 0 Å². The molecule has 1 aliphatic heterocycles. The summed E-state index contributed by atoms with van der Waals surface area (Å²) in [5, 5.41) is 3.15. The Bertz CT molecular complexity index is 669. The Morgan fingerprint density at radius 3 is 2.40 bits per heavy atom. The molecule has 0 spiro atoms. The third-order valence-corrected chi connectivity index (χ3v) is 4.11. The van der Waals surface area contributed by atoms with Gasteiger partial charge >= 0.3 is 0 Å². The minimum absolute atomic E-state index is 0.0336. The molecule has 0 radical (unpaired) electrons. The van der Waals surface area contributed by atoms with E-state index in [0.29, 0.717) is 43.6 Å². The minimum Gasteiger partial charge on any atom is -0.354 e. The fourth-order valence-corrected chi connectivity index (χ4v) is 2.65. The van der Waals surface area contributed by atoms with Crippen LogP contribution in [0.1, 0.15) is 30.1 Å². The van der Waals surface area contributed by atoms with Gasteiger partial charge in [0, 0.05) is 57.5 Å². The van der Waals surface area contributed by atoms with Crippen molar-refractivity contribution in [2.75, 3.05) is 42.9 Å². The molecule has 0 bridgehead atoms. The molecular formula is C17H23N7O. The fraction of sp³-hybridized carbons (Fsp3) is 0.471. The van der Waals surface area contributed by atoms with Crippen LogP contribution in [0.2, 0.25) is 0 Å². The van der Waals surface area contributed by atoms with E-state index in [2.05, 4.69) is 37.1 Å². The smallest absolute Gasteiger partial charge is 0.257 e. The zero-order valence-electron chi connectivity index (χ0n) is 14.4. The second kappa shape index (κ2) is 8.36. The fourth-order valence-electron chi connectivity index (χ4n) is 2.65. The molecular weight excluding hydrogens is 318 g/mol. The van der Waals surface area contributed by atoms with Crippen LogP contribution in [0, 0.1) is 0 Å². The molecule has 0 aliphatic carbocycles. The lowest BCUT2D eigenvalue weighted by Gasteiger charge is -2.34. The number of rotatable bonds is 6. The van der Waals surface area contributed by atoms with Crippen LogP contribution in [0.25, 0.3) is 0 Å². The highest BCUT2D eigenvalue weighted by atomic mass is 16.2. The first-order valence-corrected chi connectivity index (χ1v) is 8.65. The standard InChI is InChI=1S/C17H23N7O/c1-2-3-5-18-16-21-12-14(13-22-16)15(25)23-8-10-24(11-9-23)17-19-6-4-7-20-17/h4,6-7,12-13H,2-3,5,8-11H2,1H3,(H,18,21,22). The monoisotopic (exact) mass is 341 g/mol. The Morgan fingerprint density at radius 2 is 1.76 bits per heavy atom. The number of anilines is 2. The van der Waals surface area contributed by atoms with Gasteiger partial charge in [0.25, 0.3) is 5.91 Å². The molecule has 0 aromatic carbocycles. The number of hydrogen-bond acceptors (Lipinski definition) is 7. The summed E-state index contributed by atoms with van der Waals surface area (Å²) in [5.74, 6) is 1.24. The average Bonchev–Trinajstić information content (AvgIpc) is 2.69. The maximum Gasteiger partial charge on any atom is 0.257 e. The van der Waals surface area contributed by atoms with Crippen molar-refractivity contribution in [2.45, 2.75) is 19.8 Å². The van der Waals surface area contributed by atoms with E-state index in [4.69, 9.17) is 0 Å². The van der Waals surface area contributed by atoms with Gasteiger partial charge in [0.15, 0.2) is 0 Å². The quantitative estimate of drug-likeness (QED) is 0.796. The van der Waals surface area contributed by atoms with E-state index in [1.807, 2.05) is 4.90 Å². The Balaban J connectivity index is 1.53. The van der Waals surface area contributed by atoms with Crippen molar-refractivity contribution in [3.8, 4) is 0 Å². The van der Waals surface area contributed by atoms with Gasteiger partial charge < -0.3 is 15.1 Å². The van der Waals surface area contributed by atoms with Gasteiger partial charge in [-0.3, -0.25) is 4.79 Å². The normalized spacial score (nSPS) is 14.4. The molecule has 132 valence electrons. The maximum atomic E-state index is 12.6. The summed E-state index contributed by atoms with van der Waals surface area (Å²) in [6, 6.07) is 1.80. The van der Waals surface area contributed by atoms with Crippen LogP contribution in [0.4, 0.5) is 11.9 Å². The highest BCUT2D eigenvalue weighted by Gasteiger charge is 2.23. The van der Waals surface area contributed by atoms with Crippen molar-refractivity contribution in [1.82, 2.24) is 24.8 Å². The van der Waals surface area contributed by atoms with Crippen LogP contribution < -0.4 is 10.2 Å². The van der Waals surface area contributed by atoms with Gasteiger partial charge in [0.1, 0.15) is 0 Å². The van der Waals surface area contributed by atoms with Gasteiger partial charge in [-0.25, -0.2) is 19.9 Å². The van der Waals surface area contributed by atoms with Gasteiger partial charge in [-0.2, -0.15) is 0 Å². The summed E-state index contributed by atoms with van der Waals surface area (Å²) >= 11 is 0. The molecule has 8 heteroatoms. The van der Waals surface area contributed by atoms with Crippen LogP contribution >= 0.6 is 0 Å². The van der Waals surface area contributed by atoms with Crippen molar-refractivity contribution < 1.29 is 4.79 Å². The number of piperazine rings is 1. The number of amides is 1. The topological polar surface area (TPSA) is 87.1 Å². The third-order valence-electron chi connectivity index (χ3n) is 4.11. The molecule has 1 aliphatic rings. The number of carbonyl (C=O) groups excluding carboxylic acids is 1. The van der Waals surface area contributed by atoms with Crippen molar-refractivity contribution in [3.05, 3.63) is 36.4 Å². The average molecular weight is 341 g/mol. The molecule has 8 nitrogen and oxygen atoms in total. The van der Waals surface area contributed by atoms with Crippen LogP contribution in [-0.4, -0.2) is 63.5 Å². The molecule has 3 rings (SSSR count). The predicted molar refractivity (Wildman–Crippen MR) is 95.6 cm³/mol. The number of hydrogen-bond donors (Lipinski definition) is 1. The van der Waals surface area contributed by atoms with Crippen molar-refractivity contribution in [1.29, 1.82) is 0 Å². The van der Waals surface area contributed by atoms with Crippen molar-refractivity contribution >= 4 is 17.8 Å². The Hall–Kier alpha value is -2.77. The molecule has 1 fully saturated rings. The first-order chi connectivity index (χ1) is 12.3. The molecule has 1 N–H and O–H groups in total. The second-order valence-corrected chi connectivity index (χ2v) is 5.90. The Morgan fingerprint density at radius 1 is 1.08 bits per heavy atom. The van der Waals surface area contributed by atoms with Crippen LogP contribution in [0.15, 0.2) is 30.9 Å². The summed E-state index contributed by atoms with van der Waals surface area (Å²) in [4.78, 5) is 33.5. The van der Waals surface area contributed by atoms with E-state index in [1.54, 1.807) is 30.9 Å². The van der Waals surface area contributed by atoms with E-state index in [1.165, 1.54) is 0 Å². The van der Waals surface area contributed by atoms with Gasteiger partial charge in [-0.05, 0) is 12.5 Å². The third kappa shape index (κ3) is 4.40. The zero-order valence-corrected chi connectivity index (χ0v) is 14.4. The molecule has 25 heavy (non-hydrogen) atoms. The summed E-state index contributed by atoms with van der Waals surface area (Å²) in [7, 11) is 0. The SMILES string of the molecule is CCCCNc1ncc(C(=O)N2CCN(c3ncccn3)CC2)cn1. The summed E-state index contributed by atoms with van der Waals surface area (Å²) < 4.78 is 0. The lowest BCUT2D eigenvalue weighted by Crippen LogP contribution is -2.49. The van der Waals surface area contributed by atoms with Crippen molar-refractivity contribution in [2.24, 2.45) is 0 Å². The maximum absolute atomic E-state index is 12.6. The van der Waals surface area contributed by atoms with Gasteiger partial charge in [0.05, 0.1) is 5.56 Å². The Labute approximate surface area is 147 Å². The molecule has 2 aromatic rings. The molecule has 3 heterocycles. The highest BCUT2D eigenvalue weighted by Crippen LogP contribution is 2.12. The number of nitrogens with zero attached hydrogens (tertiary/aromatic N) is 6. The highest BCUT2D eigenvalue weighted by molar-refractivity contribution is 5.93. The second-order valence-electron chi connectivity index (χ2n) is 5.90. The molecule has 0 atom stereocenters. The number of unbranched alkanes of at least 4 members (excludes halogenated alkanes) is 1. The van der Waals surface area contributed by atoms with E-state index in [-0.39, 0.29) is 5.91 Å². The predicted octanol–water partition coefficient (Wildman–Crippen LogP) is 1.44. The first-order valence-electron chi connectivity index (χ1n) is 8.65. The molecule has 2 aromatic heterocycles.